The van der Waals surface area contributed by atoms with Crippen LogP contribution in [0.15, 0.2) is 60.7 Å². The van der Waals surface area contributed by atoms with E-state index in [-0.39, 0.29) is 12.2 Å². The van der Waals surface area contributed by atoms with Gasteiger partial charge in [-0.15, -0.1) is 0 Å². The van der Waals surface area contributed by atoms with Crippen molar-refractivity contribution < 1.29 is 18.9 Å². The molecule has 3 aliphatic rings. The van der Waals surface area contributed by atoms with E-state index in [9.17, 15) is 0 Å². The lowest BCUT2D eigenvalue weighted by Gasteiger charge is -2.18. The second kappa shape index (κ2) is 9.29. The molecule has 5 rings (SSSR count). The zero-order chi connectivity index (χ0) is 21.0. The highest BCUT2D eigenvalue weighted by molar-refractivity contribution is 5.76. The fourth-order valence-electron chi connectivity index (χ4n) is 3.96. The highest BCUT2D eigenvalue weighted by Gasteiger charge is 2.24. The van der Waals surface area contributed by atoms with Gasteiger partial charge in [-0.2, -0.15) is 0 Å². The highest BCUT2D eigenvalue weighted by Crippen LogP contribution is 2.33. The maximum absolute atomic E-state index is 5.99. The van der Waals surface area contributed by atoms with Crippen LogP contribution < -0.4 is 9.47 Å². The van der Waals surface area contributed by atoms with E-state index in [0.717, 1.165) is 44.0 Å². The van der Waals surface area contributed by atoms with Crippen molar-refractivity contribution in [3.8, 4) is 11.5 Å². The zero-order valence-electron chi connectivity index (χ0n) is 18.1. The zero-order valence-corrected chi connectivity index (χ0v) is 18.1. The third-order valence-corrected chi connectivity index (χ3v) is 5.99. The number of allylic oxidation sites excluding steroid dienone is 4. The molecule has 2 heterocycles. The van der Waals surface area contributed by atoms with Gasteiger partial charge in [-0.3, -0.25) is 0 Å². The van der Waals surface area contributed by atoms with Gasteiger partial charge in [-0.25, -0.2) is 0 Å². The van der Waals surface area contributed by atoms with E-state index < -0.39 is 0 Å². The molecule has 2 saturated heterocycles. The van der Waals surface area contributed by atoms with Crippen LogP contribution in [0.4, 0.5) is 0 Å². The van der Waals surface area contributed by atoms with Crippen LogP contribution >= 0.6 is 0 Å². The molecule has 31 heavy (non-hydrogen) atoms. The van der Waals surface area contributed by atoms with Crippen molar-refractivity contribution in [1.29, 1.82) is 0 Å². The van der Waals surface area contributed by atoms with Crippen LogP contribution in [0.25, 0.3) is 5.57 Å². The van der Waals surface area contributed by atoms with Gasteiger partial charge in [0.05, 0.1) is 13.2 Å². The van der Waals surface area contributed by atoms with Crippen LogP contribution in [0.1, 0.15) is 42.4 Å². The lowest BCUT2D eigenvalue weighted by atomic mass is 9.87. The molecule has 0 spiro atoms. The van der Waals surface area contributed by atoms with Gasteiger partial charge in [0.15, 0.2) is 0 Å². The molecule has 3 unspecified atom stereocenters. The summed E-state index contributed by atoms with van der Waals surface area (Å²) in [6, 6.07) is 15.1. The minimum Gasteiger partial charge on any atom is -0.491 e. The van der Waals surface area contributed by atoms with Crippen LogP contribution in [-0.2, 0) is 15.9 Å². The van der Waals surface area contributed by atoms with Crippen molar-refractivity contribution in [2.75, 3.05) is 26.4 Å². The van der Waals surface area contributed by atoms with E-state index >= 15 is 0 Å². The monoisotopic (exact) mass is 418 g/mol. The summed E-state index contributed by atoms with van der Waals surface area (Å²) in [5.74, 6) is 2.31. The molecule has 2 aromatic carbocycles. The van der Waals surface area contributed by atoms with Gasteiger partial charge in [0.1, 0.15) is 36.9 Å². The molecule has 2 fully saturated rings. The van der Waals surface area contributed by atoms with Gasteiger partial charge in [-0.05, 0) is 59.4 Å². The van der Waals surface area contributed by atoms with Gasteiger partial charge in [0.2, 0.25) is 0 Å². The number of aryl methyl sites for hydroxylation is 1. The molecule has 0 amide bonds. The third kappa shape index (κ3) is 5.38. The molecule has 1 aliphatic carbocycles. The fourth-order valence-corrected chi connectivity index (χ4v) is 3.96. The maximum Gasteiger partial charge on any atom is 0.122 e. The van der Waals surface area contributed by atoms with Crippen molar-refractivity contribution in [2.24, 2.45) is 0 Å². The minimum absolute atomic E-state index is 0.280. The summed E-state index contributed by atoms with van der Waals surface area (Å²) in [6.45, 7) is 5.16. The minimum atomic E-state index is 0.280. The highest BCUT2D eigenvalue weighted by atomic mass is 16.6. The molecule has 162 valence electrons. The first kappa shape index (κ1) is 20.3. The summed E-state index contributed by atoms with van der Waals surface area (Å²) in [4.78, 5) is 0. The van der Waals surface area contributed by atoms with Gasteiger partial charge in [-0.1, -0.05) is 49.8 Å². The van der Waals surface area contributed by atoms with Crippen molar-refractivity contribution in [1.82, 2.24) is 0 Å². The summed E-state index contributed by atoms with van der Waals surface area (Å²) in [6.07, 6.45) is 10.6. The number of epoxide rings is 2. The Hall–Kier alpha value is -2.56. The number of ether oxygens (including phenoxy) is 4. The van der Waals surface area contributed by atoms with E-state index in [0.29, 0.717) is 19.1 Å². The molecular formula is C27H30O4. The third-order valence-electron chi connectivity index (χ3n) is 5.99. The van der Waals surface area contributed by atoms with Crippen LogP contribution in [0.2, 0.25) is 0 Å². The average Bonchev–Trinajstić information content (AvgIpc) is 3.73. The molecule has 0 radical (unpaired) electrons. The first-order valence-corrected chi connectivity index (χ1v) is 11.4. The Bertz CT molecular complexity index is 952. The van der Waals surface area contributed by atoms with Crippen LogP contribution in [0.3, 0.4) is 0 Å². The Morgan fingerprint density at radius 3 is 2.32 bits per heavy atom. The second-order valence-corrected chi connectivity index (χ2v) is 8.54. The summed E-state index contributed by atoms with van der Waals surface area (Å²) in [7, 11) is 0. The van der Waals surface area contributed by atoms with E-state index in [1.807, 2.05) is 0 Å². The number of hydrogen-bond acceptors (Lipinski definition) is 4. The molecular weight excluding hydrogens is 388 g/mol. The molecule has 4 nitrogen and oxygen atoms in total. The maximum atomic E-state index is 5.99. The quantitative estimate of drug-likeness (QED) is 0.490. The molecule has 0 aromatic heterocycles. The molecule has 0 N–H and O–H groups in total. The van der Waals surface area contributed by atoms with Crippen molar-refractivity contribution in [3.63, 3.8) is 0 Å². The summed E-state index contributed by atoms with van der Waals surface area (Å²) in [5.41, 5.74) is 5.15. The normalized spacial score (nSPS) is 23.9. The Balaban J connectivity index is 1.22. The Morgan fingerprint density at radius 2 is 1.68 bits per heavy atom. The van der Waals surface area contributed by atoms with Gasteiger partial charge < -0.3 is 18.9 Å². The smallest absolute Gasteiger partial charge is 0.122 e. The van der Waals surface area contributed by atoms with Gasteiger partial charge in [0.25, 0.3) is 0 Å². The predicted molar refractivity (Wildman–Crippen MR) is 122 cm³/mol. The van der Waals surface area contributed by atoms with Crippen molar-refractivity contribution in [3.05, 3.63) is 77.4 Å². The van der Waals surface area contributed by atoms with Crippen LogP contribution in [-0.4, -0.2) is 38.6 Å². The Morgan fingerprint density at radius 1 is 0.935 bits per heavy atom. The van der Waals surface area contributed by atoms with Gasteiger partial charge in [0, 0.05) is 5.92 Å². The number of benzene rings is 2. The van der Waals surface area contributed by atoms with E-state index in [4.69, 9.17) is 18.9 Å². The van der Waals surface area contributed by atoms with E-state index in [2.05, 4.69) is 67.6 Å². The largest absolute Gasteiger partial charge is 0.491 e. The molecule has 4 heteroatoms. The van der Waals surface area contributed by atoms with Crippen molar-refractivity contribution in [2.45, 2.75) is 44.3 Å². The molecule has 3 atom stereocenters. The summed E-state index contributed by atoms with van der Waals surface area (Å²) in [5, 5.41) is 0. The lowest BCUT2D eigenvalue weighted by molar-refractivity contribution is 0.261. The Labute approximate surface area is 184 Å². The fraction of sp³-hybridized carbons (Fsp3) is 0.407. The van der Waals surface area contributed by atoms with Crippen LogP contribution in [0, 0.1) is 0 Å². The first-order valence-electron chi connectivity index (χ1n) is 11.4. The predicted octanol–water partition coefficient (Wildman–Crippen LogP) is 5.32. The standard InChI is InChI=1S/C27H30O4/c1-2-3-23-14-22(10-13-27(23)31-18-26-17-30-26)21-6-4-19(5-7-21)20-8-11-24(12-9-20)28-15-25-16-29-25/h4,6-14,19,25-26H,2-3,5,15-18H2,1H3. The molecule has 2 aliphatic heterocycles. The molecule has 2 aromatic rings. The second-order valence-electron chi connectivity index (χ2n) is 8.54. The number of hydrogen-bond donors (Lipinski definition) is 0. The van der Waals surface area contributed by atoms with Gasteiger partial charge >= 0.3 is 0 Å². The molecule has 0 bridgehead atoms. The summed E-state index contributed by atoms with van der Waals surface area (Å²) < 4.78 is 22.2. The Kier molecular flexibility index (Phi) is 6.10. The summed E-state index contributed by atoms with van der Waals surface area (Å²) >= 11 is 0. The topological polar surface area (TPSA) is 43.5 Å². The van der Waals surface area contributed by atoms with Crippen LogP contribution in [0.5, 0.6) is 11.5 Å². The number of rotatable bonds is 10. The molecule has 0 saturated carbocycles. The lowest BCUT2D eigenvalue weighted by Crippen LogP contribution is -2.06. The average molecular weight is 419 g/mol. The first-order chi connectivity index (χ1) is 15.3. The van der Waals surface area contributed by atoms with E-state index in [1.54, 1.807) is 0 Å². The SMILES string of the molecule is CCCc1cc(C2=CCC(c3ccc(OCC4CO4)cc3)C=C2)ccc1OCC1CO1. The van der Waals surface area contributed by atoms with E-state index in [1.165, 1.54) is 22.3 Å². The van der Waals surface area contributed by atoms with Crippen molar-refractivity contribution >= 4 is 5.57 Å².